The Balaban J connectivity index is 2.07. The van der Waals surface area contributed by atoms with E-state index in [4.69, 9.17) is 9.84 Å². The fourth-order valence-corrected chi connectivity index (χ4v) is 3.09. The number of ether oxygens (including phenoxy) is 1. The number of aliphatic hydroxyl groups excluding tert-OH is 1. The van der Waals surface area contributed by atoms with Crippen molar-refractivity contribution in [2.24, 2.45) is 0 Å². The monoisotopic (exact) mass is 283 g/mol. The molecule has 1 aromatic rings. The molecule has 1 aliphatic rings. The van der Waals surface area contributed by atoms with Crippen LogP contribution in [0.25, 0.3) is 0 Å². The van der Waals surface area contributed by atoms with Gasteiger partial charge in [0, 0.05) is 29.9 Å². The number of pyridine rings is 1. The summed E-state index contributed by atoms with van der Waals surface area (Å²) < 4.78 is 5.02. The minimum absolute atomic E-state index is 0.0214. The Hall–Kier alpha value is -0.980. The number of esters is 1. The maximum Gasteiger partial charge on any atom is 0.339 e. The zero-order valence-electron chi connectivity index (χ0n) is 9.67. The zero-order chi connectivity index (χ0) is 12.8. The van der Waals surface area contributed by atoms with Crippen molar-refractivity contribution in [3.63, 3.8) is 0 Å². The Morgan fingerprint density at radius 1 is 1.50 bits per heavy atom. The van der Waals surface area contributed by atoms with E-state index in [2.05, 4.69) is 4.98 Å². The molecular formula is C12H13NO3S2. The van der Waals surface area contributed by atoms with Gasteiger partial charge in [0.25, 0.3) is 0 Å². The van der Waals surface area contributed by atoms with Crippen LogP contribution in [-0.2, 0) is 10.5 Å². The van der Waals surface area contributed by atoms with E-state index in [1.807, 2.05) is 16.9 Å². The molecule has 1 aliphatic heterocycles. The second kappa shape index (κ2) is 6.82. The minimum atomic E-state index is -0.389. The number of hydrogen-bond acceptors (Lipinski definition) is 6. The number of carbonyl (C=O) groups is 1. The SMILES string of the molecule is O=C(OCCCO)c1cnc2c(c1)SC=CSC2. The third-order valence-corrected chi connectivity index (χ3v) is 4.09. The van der Waals surface area contributed by atoms with Crippen molar-refractivity contribution in [3.8, 4) is 0 Å². The summed E-state index contributed by atoms with van der Waals surface area (Å²) in [4.78, 5) is 17.0. The average Bonchev–Trinajstić information content (AvgIpc) is 2.63. The van der Waals surface area contributed by atoms with Crippen molar-refractivity contribution in [2.45, 2.75) is 17.1 Å². The molecule has 4 nitrogen and oxygen atoms in total. The number of fused-ring (bicyclic) bond motifs is 1. The molecule has 2 heterocycles. The summed E-state index contributed by atoms with van der Waals surface area (Å²) in [5.41, 5.74) is 1.45. The largest absolute Gasteiger partial charge is 0.462 e. The number of aliphatic hydroxyl groups is 1. The molecule has 0 aliphatic carbocycles. The van der Waals surface area contributed by atoms with Gasteiger partial charge in [0.15, 0.2) is 0 Å². The van der Waals surface area contributed by atoms with Crippen molar-refractivity contribution in [1.82, 2.24) is 4.98 Å². The predicted molar refractivity (Wildman–Crippen MR) is 72.5 cm³/mol. The first-order valence-electron chi connectivity index (χ1n) is 5.51. The molecule has 0 bridgehead atoms. The van der Waals surface area contributed by atoms with E-state index < -0.39 is 0 Å². The van der Waals surface area contributed by atoms with Crippen molar-refractivity contribution >= 4 is 29.5 Å². The van der Waals surface area contributed by atoms with Crippen LogP contribution in [0.15, 0.2) is 28.0 Å². The molecule has 0 aromatic carbocycles. The number of rotatable bonds is 4. The molecule has 0 radical (unpaired) electrons. The first-order chi connectivity index (χ1) is 8.81. The van der Waals surface area contributed by atoms with Crippen molar-refractivity contribution in [3.05, 3.63) is 34.3 Å². The van der Waals surface area contributed by atoms with E-state index in [1.165, 1.54) is 0 Å². The lowest BCUT2D eigenvalue weighted by molar-refractivity contribution is 0.0481. The summed E-state index contributed by atoms with van der Waals surface area (Å²) in [5, 5.41) is 12.6. The summed E-state index contributed by atoms with van der Waals surface area (Å²) in [6.07, 6.45) is 2.00. The van der Waals surface area contributed by atoms with Gasteiger partial charge in [0.1, 0.15) is 0 Å². The lowest BCUT2D eigenvalue weighted by Crippen LogP contribution is -2.08. The van der Waals surface area contributed by atoms with E-state index >= 15 is 0 Å². The van der Waals surface area contributed by atoms with Crippen molar-refractivity contribution in [1.29, 1.82) is 0 Å². The Bertz CT molecular complexity index is 463. The quantitative estimate of drug-likeness (QED) is 0.676. The highest BCUT2D eigenvalue weighted by molar-refractivity contribution is 8.05. The predicted octanol–water partition coefficient (Wildman–Crippen LogP) is 2.43. The molecule has 0 fully saturated rings. The Morgan fingerprint density at radius 2 is 2.39 bits per heavy atom. The van der Waals surface area contributed by atoms with Crippen LogP contribution in [0.1, 0.15) is 22.5 Å². The molecule has 0 saturated heterocycles. The van der Waals surface area contributed by atoms with Gasteiger partial charge in [-0.2, -0.15) is 0 Å². The Morgan fingerprint density at radius 3 is 3.22 bits per heavy atom. The highest BCUT2D eigenvalue weighted by Gasteiger charge is 2.13. The second-order valence-electron chi connectivity index (χ2n) is 3.58. The fourth-order valence-electron chi connectivity index (χ4n) is 1.38. The molecular weight excluding hydrogens is 270 g/mol. The third kappa shape index (κ3) is 3.51. The Kier molecular flexibility index (Phi) is 5.10. The normalized spacial score (nSPS) is 13.8. The maximum atomic E-state index is 11.7. The number of nitrogens with zero attached hydrogens (tertiary/aromatic N) is 1. The molecule has 1 aromatic heterocycles. The van der Waals surface area contributed by atoms with Gasteiger partial charge in [-0.05, 0) is 16.9 Å². The lowest BCUT2D eigenvalue weighted by atomic mass is 10.2. The van der Waals surface area contributed by atoms with Crippen LogP contribution in [0, 0.1) is 0 Å². The molecule has 0 saturated carbocycles. The van der Waals surface area contributed by atoms with Crippen LogP contribution in [0.2, 0.25) is 0 Å². The minimum Gasteiger partial charge on any atom is -0.462 e. The first-order valence-corrected chi connectivity index (χ1v) is 7.44. The van der Waals surface area contributed by atoms with Gasteiger partial charge in [-0.1, -0.05) is 11.8 Å². The summed E-state index contributed by atoms with van der Waals surface area (Å²) >= 11 is 3.24. The van der Waals surface area contributed by atoms with Gasteiger partial charge in [-0.15, -0.1) is 11.8 Å². The maximum absolute atomic E-state index is 11.7. The summed E-state index contributed by atoms with van der Waals surface area (Å²) in [6.45, 7) is 0.253. The van der Waals surface area contributed by atoms with Gasteiger partial charge < -0.3 is 9.84 Å². The van der Waals surface area contributed by atoms with Crippen molar-refractivity contribution in [2.75, 3.05) is 13.2 Å². The van der Waals surface area contributed by atoms with Gasteiger partial charge in [-0.3, -0.25) is 4.98 Å². The molecule has 0 spiro atoms. The van der Waals surface area contributed by atoms with Gasteiger partial charge in [0.05, 0.1) is 17.9 Å². The number of aromatic nitrogens is 1. The van der Waals surface area contributed by atoms with E-state index in [-0.39, 0.29) is 19.2 Å². The number of thioether (sulfide) groups is 2. The molecule has 2 rings (SSSR count). The summed E-state index contributed by atoms with van der Waals surface area (Å²) in [6, 6.07) is 1.81. The topological polar surface area (TPSA) is 59.4 Å². The summed E-state index contributed by atoms with van der Waals surface area (Å²) in [5.74, 6) is 0.429. The number of hydrogen-bond donors (Lipinski definition) is 1. The van der Waals surface area contributed by atoms with E-state index in [1.54, 1.807) is 29.7 Å². The smallest absolute Gasteiger partial charge is 0.339 e. The van der Waals surface area contributed by atoms with Crippen LogP contribution >= 0.6 is 23.5 Å². The molecule has 0 amide bonds. The Labute approximate surface area is 114 Å². The molecule has 0 unspecified atom stereocenters. The number of carbonyl (C=O) groups excluding carboxylic acids is 1. The van der Waals surface area contributed by atoms with Crippen molar-refractivity contribution < 1.29 is 14.6 Å². The molecule has 18 heavy (non-hydrogen) atoms. The van der Waals surface area contributed by atoms with Gasteiger partial charge in [-0.25, -0.2) is 4.79 Å². The second-order valence-corrected chi connectivity index (χ2v) is 5.42. The average molecular weight is 283 g/mol. The third-order valence-electron chi connectivity index (χ3n) is 2.27. The van der Waals surface area contributed by atoms with E-state index in [9.17, 15) is 4.79 Å². The summed E-state index contributed by atoms with van der Waals surface area (Å²) in [7, 11) is 0. The van der Waals surface area contributed by atoms with Crippen LogP contribution in [-0.4, -0.2) is 29.3 Å². The highest BCUT2D eigenvalue weighted by atomic mass is 32.2. The van der Waals surface area contributed by atoms with Crippen LogP contribution < -0.4 is 0 Å². The van der Waals surface area contributed by atoms with E-state index in [0.717, 1.165) is 16.3 Å². The molecule has 0 atom stereocenters. The van der Waals surface area contributed by atoms with E-state index in [0.29, 0.717) is 12.0 Å². The first kappa shape index (κ1) is 13.5. The standard InChI is InChI=1S/C12H13NO3S2/c14-2-1-3-16-12(15)9-6-11-10(13-7-9)8-17-4-5-18-11/h4-7,14H,1-3,8H2. The fraction of sp³-hybridized carbons (Fsp3) is 0.333. The molecule has 6 heteroatoms. The highest BCUT2D eigenvalue weighted by Crippen LogP contribution is 2.31. The van der Waals surface area contributed by atoms with Crippen LogP contribution in [0.5, 0.6) is 0 Å². The van der Waals surface area contributed by atoms with Crippen LogP contribution in [0.4, 0.5) is 0 Å². The molecule has 96 valence electrons. The van der Waals surface area contributed by atoms with Gasteiger partial charge in [0.2, 0.25) is 0 Å². The van der Waals surface area contributed by atoms with Crippen LogP contribution in [0.3, 0.4) is 0 Å². The molecule has 1 N–H and O–H groups in total. The van der Waals surface area contributed by atoms with Gasteiger partial charge >= 0.3 is 5.97 Å². The lowest BCUT2D eigenvalue weighted by Gasteiger charge is -2.07. The zero-order valence-corrected chi connectivity index (χ0v) is 11.3.